The first kappa shape index (κ1) is 223. The maximum Gasteiger partial charge on any atom is -0.0149 e. The Labute approximate surface area is 98.2 Å². The van der Waals surface area contributed by atoms with Crippen LogP contribution in [-0.2, 0) is 0 Å². The van der Waals surface area contributed by atoms with E-state index in [1.165, 1.54) is 0 Å². The minimum Gasteiger partial charge on any atom is -0.0149 e. The molecule has 48 valence electrons. The van der Waals surface area contributed by atoms with Gasteiger partial charge in [0.2, 0.25) is 0 Å². The summed E-state index contributed by atoms with van der Waals surface area (Å²) in [6.07, 6.45) is 0. The van der Waals surface area contributed by atoms with E-state index >= 15 is 0 Å². The third-order valence-electron chi connectivity index (χ3n) is 0. The van der Waals surface area contributed by atoms with Crippen LogP contribution in [0.25, 0.3) is 0 Å². The van der Waals surface area contributed by atoms with Crippen LogP contribution in [0.4, 0.5) is 0 Å². The quantitative estimate of drug-likeness (QED) is 0.306. The molecule has 0 aromatic heterocycles. The van der Waals surface area contributed by atoms with Crippen molar-refractivity contribution in [3.8, 4) is 0 Å². The minimum atomic E-state index is 0. The predicted octanol–water partition coefficient (Wildman–Crippen LogP) is -9.47. The van der Waals surface area contributed by atoms with Crippen molar-refractivity contribution in [3.05, 3.63) is 0 Å². The smallest absolute Gasteiger partial charge is 0.0149 e. The van der Waals surface area contributed by atoms with Crippen molar-refractivity contribution < 1.29 is 0 Å². The van der Waals surface area contributed by atoms with Crippen molar-refractivity contribution in [1.82, 2.24) is 0 Å². The Morgan fingerprint density at radius 1 is 0.375 bits per heavy atom. The maximum absolute atomic E-state index is 0. The van der Waals surface area contributed by atoms with E-state index in [1.807, 2.05) is 0 Å². The Kier molecular flexibility index (Phi) is 4380. The molecule has 0 saturated heterocycles. The molecule has 0 rings (SSSR count). The number of rotatable bonds is 0. The molecule has 0 nitrogen and oxygen atoms in total. The average molecular weight is 157 g/mol. The summed E-state index contributed by atoms with van der Waals surface area (Å²) < 4.78 is 0. The summed E-state index contributed by atoms with van der Waals surface area (Å²) in [6, 6.07) is 0. The molecule has 0 saturated carbocycles. The van der Waals surface area contributed by atoms with Crippen molar-refractivity contribution in [2.75, 3.05) is 0 Å². The maximum atomic E-state index is 0. The SMILES string of the molecule is B.B.B.B.B.B.[CaH2].[SiH4]. The van der Waals surface area contributed by atoms with Crippen LogP contribution in [0.1, 0.15) is 0 Å². The molecule has 0 aliphatic heterocycles. The monoisotopic (exact) mass is 158 g/mol. The first-order chi connectivity index (χ1) is 0. The molecule has 0 heterocycles. The van der Waals surface area contributed by atoms with Crippen molar-refractivity contribution in [2.24, 2.45) is 0 Å². The second-order valence-electron chi connectivity index (χ2n) is 0. The van der Waals surface area contributed by atoms with Crippen molar-refractivity contribution in [1.29, 1.82) is 0 Å². The second kappa shape index (κ2) is 158. The van der Waals surface area contributed by atoms with Gasteiger partial charge in [0.1, 0.15) is 0 Å². The van der Waals surface area contributed by atoms with E-state index < -0.39 is 0 Å². The molecule has 0 unspecified atom stereocenters. The van der Waals surface area contributed by atoms with Gasteiger partial charge in [0.15, 0.2) is 0 Å². The van der Waals surface area contributed by atoms with Crippen LogP contribution in [0.5, 0.6) is 0 Å². The van der Waals surface area contributed by atoms with Gasteiger partial charge in [0, 0.05) is 0 Å². The Bertz CT molecular complexity index is 8.49. The second-order valence-corrected chi connectivity index (χ2v) is 0. The number of hydrogen-bond donors (Lipinski definition) is 0. The Balaban J connectivity index is 0. The summed E-state index contributed by atoms with van der Waals surface area (Å²) >= 11 is 0. The Morgan fingerprint density at radius 2 is 0.375 bits per heavy atom. The van der Waals surface area contributed by atoms with Gasteiger partial charge in [-0.05, 0) is 11.0 Å². The molecule has 0 amide bonds. The summed E-state index contributed by atoms with van der Waals surface area (Å²) in [7, 11) is 0. The minimum absolute atomic E-state index is 0. The fraction of sp³-hybridized carbons (Fsp3) is 0. The third kappa shape index (κ3) is 106. The van der Waals surface area contributed by atoms with Crippen molar-refractivity contribution in [3.63, 3.8) is 0 Å². The summed E-state index contributed by atoms with van der Waals surface area (Å²) in [5.41, 5.74) is 0. The van der Waals surface area contributed by atoms with Gasteiger partial charge < -0.3 is 0 Å². The summed E-state index contributed by atoms with van der Waals surface area (Å²) in [4.78, 5) is 0. The standard InChI is InChI=1S/6BH3.Ca.H4Si.2H/h6*1H3;;1H4;;. The fourth-order valence-corrected chi connectivity index (χ4v) is 0. The van der Waals surface area contributed by atoms with E-state index in [9.17, 15) is 0 Å². The third-order valence-corrected chi connectivity index (χ3v) is 0. The number of hydrogen-bond acceptors (Lipinski definition) is 0. The van der Waals surface area contributed by atoms with Crippen LogP contribution in [0, 0.1) is 0 Å². The van der Waals surface area contributed by atoms with Crippen LogP contribution in [-0.4, -0.2) is 99.2 Å². The predicted molar refractivity (Wildman–Crippen MR) is 79.5 cm³/mol. The molecule has 0 atom stereocenters. The largest absolute Gasteiger partial charge is 0.0149 e. The molecular weight excluding hydrogens is 133 g/mol. The van der Waals surface area contributed by atoms with E-state index in [4.69, 9.17) is 0 Å². The molecule has 0 aliphatic rings. The first-order valence-corrected chi connectivity index (χ1v) is 0. The molecule has 0 N–H and O–H groups in total. The molecule has 0 bridgehead atoms. The van der Waals surface area contributed by atoms with E-state index in [2.05, 4.69) is 0 Å². The zero-order chi connectivity index (χ0) is 0. The van der Waals surface area contributed by atoms with Gasteiger partial charge in [-0.15, -0.1) is 0 Å². The molecule has 8 heavy (non-hydrogen) atoms. The first-order valence-electron chi connectivity index (χ1n) is 0. The zero-order valence-corrected chi connectivity index (χ0v) is 0. The zero-order valence-electron chi connectivity index (χ0n) is 0. The van der Waals surface area contributed by atoms with E-state index in [0.717, 1.165) is 0 Å². The van der Waals surface area contributed by atoms with Gasteiger partial charge in [0.05, 0.1) is 50.5 Å². The van der Waals surface area contributed by atoms with Gasteiger partial charge in [-0.25, -0.2) is 0 Å². The van der Waals surface area contributed by atoms with Crippen LogP contribution in [0.2, 0.25) is 0 Å². The van der Waals surface area contributed by atoms with E-state index in [0.29, 0.717) is 0 Å². The molecular formula is H24B6CaSi. The van der Waals surface area contributed by atoms with E-state index in [1.54, 1.807) is 0 Å². The van der Waals surface area contributed by atoms with Crippen LogP contribution in [0.15, 0.2) is 0 Å². The molecule has 0 fully saturated rings. The van der Waals surface area contributed by atoms with Gasteiger partial charge in [0.25, 0.3) is 0 Å². The molecule has 0 radical (unpaired) electrons. The average Bonchev–Trinajstić information content (AvgIpc) is 0. The van der Waals surface area contributed by atoms with Crippen LogP contribution < -0.4 is 0 Å². The fourth-order valence-electron chi connectivity index (χ4n) is 0. The Morgan fingerprint density at radius 3 is 0.375 bits per heavy atom. The topological polar surface area (TPSA) is 0 Å². The summed E-state index contributed by atoms with van der Waals surface area (Å²) in [6.45, 7) is 0. The van der Waals surface area contributed by atoms with E-state index in [-0.39, 0.29) is 99.2 Å². The van der Waals surface area contributed by atoms with Gasteiger partial charge in [-0.2, -0.15) is 0 Å². The van der Waals surface area contributed by atoms with Crippen molar-refractivity contribution >= 4 is 99.2 Å². The molecule has 8 heteroatoms. The summed E-state index contributed by atoms with van der Waals surface area (Å²) in [5.74, 6) is 0. The van der Waals surface area contributed by atoms with Gasteiger partial charge >= 0.3 is 37.7 Å². The molecule has 0 aromatic carbocycles. The van der Waals surface area contributed by atoms with Crippen LogP contribution in [0.3, 0.4) is 0 Å². The van der Waals surface area contributed by atoms with Crippen LogP contribution >= 0.6 is 0 Å². The molecule has 0 aromatic rings. The van der Waals surface area contributed by atoms with Crippen molar-refractivity contribution in [2.45, 2.75) is 0 Å². The normalized spacial score (nSPS) is 0. The van der Waals surface area contributed by atoms with Gasteiger partial charge in [-0.1, -0.05) is 0 Å². The molecule has 0 spiro atoms. The molecule has 0 aliphatic carbocycles. The summed E-state index contributed by atoms with van der Waals surface area (Å²) in [5, 5.41) is 0. The Hall–Kier alpha value is 1.87. The van der Waals surface area contributed by atoms with Gasteiger partial charge in [-0.3, -0.25) is 0 Å².